The van der Waals surface area contributed by atoms with Crippen molar-refractivity contribution in [1.82, 2.24) is 19.7 Å². The van der Waals surface area contributed by atoms with Gasteiger partial charge in [-0.2, -0.15) is 5.10 Å². The SMILES string of the molecule is OC(CN1CC2CC(Nc3ccc(-c4ccc(F)cc4)cc3)CC2C1)(Cn1cncn1)c1ccc(F)cc1F. The van der Waals surface area contributed by atoms with Gasteiger partial charge in [0.15, 0.2) is 0 Å². The van der Waals surface area contributed by atoms with Crippen molar-refractivity contribution in [3.63, 3.8) is 0 Å². The minimum atomic E-state index is -1.59. The lowest BCUT2D eigenvalue weighted by Gasteiger charge is -2.33. The number of β-amino-alcohol motifs (C(OH)–C–C–N with tert-alkyl or cyclic N) is 1. The molecule has 3 unspecified atom stereocenters. The van der Waals surface area contributed by atoms with Gasteiger partial charge in [-0.25, -0.2) is 22.8 Å². The Kier molecular flexibility index (Phi) is 6.86. The van der Waals surface area contributed by atoms with E-state index in [0.29, 0.717) is 17.9 Å². The summed E-state index contributed by atoms with van der Waals surface area (Å²) in [7, 11) is 0. The third-order valence-electron chi connectivity index (χ3n) is 8.07. The molecule has 0 amide bonds. The summed E-state index contributed by atoms with van der Waals surface area (Å²) in [5.41, 5.74) is 1.53. The quantitative estimate of drug-likeness (QED) is 0.331. The van der Waals surface area contributed by atoms with Crippen molar-refractivity contribution < 1.29 is 18.3 Å². The molecule has 6 rings (SSSR count). The van der Waals surface area contributed by atoms with E-state index in [9.17, 15) is 18.3 Å². The molecule has 2 heterocycles. The average molecular weight is 534 g/mol. The van der Waals surface area contributed by atoms with Crippen LogP contribution in [0.2, 0.25) is 0 Å². The standard InChI is InChI=1S/C30H30F3N5O/c31-24-5-1-20(2-6-24)21-3-8-26(9-4-21)36-27-11-22-14-37(15-23(22)12-27)16-30(39,17-38-19-34-18-35-38)28-10-7-25(32)13-29(28)33/h1-10,13,18-19,22-23,27,36,39H,11-12,14-17H2. The summed E-state index contributed by atoms with van der Waals surface area (Å²) < 4.78 is 43.1. The maximum Gasteiger partial charge on any atom is 0.137 e. The van der Waals surface area contributed by atoms with Gasteiger partial charge < -0.3 is 10.4 Å². The summed E-state index contributed by atoms with van der Waals surface area (Å²) in [4.78, 5) is 6.12. The minimum Gasteiger partial charge on any atom is -0.382 e. The van der Waals surface area contributed by atoms with Crippen LogP contribution in [0, 0.1) is 29.3 Å². The molecule has 0 radical (unpaired) electrons. The van der Waals surface area contributed by atoms with Crippen molar-refractivity contribution in [2.45, 2.75) is 31.0 Å². The average Bonchev–Trinajstić information content (AvgIpc) is 3.62. The second-order valence-electron chi connectivity index (χ2n) is 10.9. The predicted octanol–water partition coefficient (Wildman–Crippen LogP) is 5.07. The van der Waals surface area contributed by atoms with Gasteiger partial charge in [0.05, 0.1) is 6.54 Å². The zero-order valence-electron chi connectivity index (χ0n) is 21.4. The molecule has 3 aromatic carbocycles. The molecule has 0 bridgehead atoms. The number of anilines is 1. The smallest absolute Gasteiger partial charge is 0.137 e. The highest BCUT2D eigenvalue weighted by Crippen LogP contribution is 2.41. The van der Waals surface area contributed by atoms with Crippen LogP contribution in [0.1, 0.15) is 18.4 Å². The molecule has 2 fully saturated rings. The molecule has 202 valence electrons. The molecule has 0 spiro atoms. The van der Waals surface area contributed by atoms with Gasteiger partial charge in [-0.1, -0.05) is 30.3 Å². The van der Waals surface area contributed by atoms with Crippen molar-refractivity contribution in [2.24, 2.45) is 11.8 Å². The highest BCUT2D eigenvalue weighted by molar-refractivity contribution is 5.66. The van der Waals surface area contributed by atoms with Gasteiger partial charge in [0.25, 0.3) is 0 Å². The second kappa shape index (κ2) is 10.5. The zero-order valence-corrected chi connectivity index (χ0v) is 21.4. The number of benzene rings is 3. The first-order valence-corrected chi connectivity index (χ1v) is 13.2. The van der Waals surface area contributed by atoms with Gasteiger partial charge >= 0.3 is 0 Å². The van der Waals surface area contributed by atoms with Crippen LogP contribution in [0.4, 0.5) is 18.9 Å². The zero-order chi connectivity index (χ0) is 27.0. The van der Waals surface area contributed by atoms with Gasteiger partial charge in [0, 0.05) is 43.0 Å². The minimum absolute atomic E-state index is 0.0134. The number of aromatic nitrogens is 3. The summed E-state index contributed by atoms with van der Waals surface area (Å²) in [6.07, 6.45) is 4.86. The fraction of sp³-hybridized carbons (Fsp3) is 0.333. The molecular weight excluding hydrogens is 503 g/mol. The molecule has 4 aromatic rings. The molecule has 9 heteroatoms. The van der Waals surface area contributed by atoms with E-state index in [4.69, 9.17) is 0 Å². The highest BCUT2D eigenvalue weighted by Gasteiger charge is 2.44. The summed E-state index contributed by atoms with van der Waals surface area (Å²) in [5, 5.41) is 19.4. The summed E-state index contributed by atoms with van der Waals surface area (Å²) in [6, 6.07) is 18.3. The van der Waals surface area contributed by atoms with Gasteiger partial charge in [0.1, 0.15) is 35.7 Å². The summed E-state index contributed by atoms with van der Waals surface area (Å²) >= 11 is 0. The molecule has 39 heavy (non-hydrogen) atoms. The highest BCUT2D eigenvalue weighted by atomic mass is 19.1. The molecule has 1 saturated heterocycles. The molecule has 1 aliphatic heterocycles. The molecule has 2 N–H and O–H groups in total. The van der Waals surface area contributed by atoms with Crippen LogP contribution in [0.15, 0.2) is 79.4 Å². The lowest BCUT2D eigenvalue weighted by atomic mass is 9.92. The topological polar surface area (TPSA) is 66.2 Å². The maximum atomic E-state index is 14.8. The Balaban J connectivity index is 1.09. The third-order valence-corrected chi connectivity index (χ3v) is 8.07. The van der Waals surface area contributed by atoms with Gasteiger partial charge in [-0.05, 0) is 66.1 Å². The Labute approximate surface area is 225 Å². The Morgan fingerprint density at radius 2 is 1.49 bits per heavy atom. The molecule has 1 saturated carbocycles. The molecule has 3 atom stereocenters. The number of nitrogens with one attached hydrogen (secondary N) is 1. The maximum absolute atomic E-state index is 14.8. The lowest BCUT2D eigenvalue weighted by Crippen LogP contribution is -2.44. The van der Waals surface area contributed by atoms with Crippen LogP contribution >= 0.6 is 0 Å². The number of rotatable bonds is 8. The van der Waals surface area contributed by atoms with Crippen molar-refractivity contribution in [1.29, 1.82) is 0 Å². The molecule has 2 aliphatic rings. The van der Waals surface area contributed by atoms with E-state index in [1.165, 1.54) is 41.6 Å². The first-order valence-electron chi connectivity index (χ1n) is 13.2. The Morgan fingerprint density at radius 3 is 2.10 bits per heavy atom. The van der Waals surface area contributed by atoms with Crippen LogP contribution in [0.3, 0.4) is 0 Å². The van der Waals surface area contributed by atoms with Crippen LogP contribution in [-0.2, 0) is 12.1 Å². The number of likely N-dealkylation sites (tertiary alicyclic amines) is 1. The van der Waals surface area contributed by atoms with Crippen LogP contribution < -0.4 is 5.32 Å². The van der Waals surface area contributed by atoms with Crippen molar-refractivity contribution >= 4 is 5.69 Å². The monoisotopic (exact) mass is 533 g/mol. The number of fused-ring (bicyclic) bond motifs is 1. The van der Waals surface area contributed by atoms with Gasteiger partial charge in [-0.3, -0.25) is 4.90 Å². The first kappa shape index (κ1) is 25.6. The van der Waals surface area contributed by atoms with Gasteiger partial charge in [-0.15, -0.1) is 0 Å². The number of nitrogens with zero attached hydrogens (tertiary/aromatic N) is 4. The number of aliphatic hydroxyl groups is 1. The van der Waals surface area contributed by atoms with E-state index in [2.05, 4.69) is 32.4 Å². The van der Waals surface area contributed by atoms with Crippen LogP contribution in [-0.4, -0.2) is 50.4 Å². The molecular formula is C30H30F3N5O. The largest absolute Gasteiger partial charge is 0.382 e. The first-order chi connectivity index (χ1) is 18.8. The third kappa shape index (κ3) is 5.55. The van der Waals surface area contributed by atoms with Crippen molar-refractivity contribution in [3.8, 4) is 11.1 Å². The second-order valence-corrected chi connectivity index (χ2v) is 10.9. The lowest BCUT2D eigenvalue weighted by molar-refractivity contribution is -0.0180. The van der Waals surface area contributed by atoms with E-state index >= 15 is 0 Å². The number of halogens is 3. The van der Waals surface area contributed by atoms with Gasteiger partial charge in [0.2, 0.25) is 0 Å². The summed E-state index contributed by atoms with van der Waals surface area (Å²) in [6.45, 7) is 1.83. The fourth-order valence-corrected chi connectivity index (χ4v) is 6.32. The fourth-order valence-electron chi connectivity index (χ4n) is 6.32. The van der Waals surface area contributed by atoms with Crippen LogP contribution in [0.5, 0.6) is 0 Å². The van der Waals surface area contributed by atoms with Crippen molar-refractivity contribution in [3.05, 3.63) is 102 Å². The van der Waals surface area contributed by atoms with E-state index in [1.807, 2.05) is 12.1 Å². The van der Waals surface area contributed by atoms with Crippen molar-refractivity contribution in [2.75, 3.05) is 25.0 Å². The molecule has 6 nitrogen and oxygen atoms in total. The Bertz CT molecular complexity index is 1400. The van der Waals surface area contributed by atoms with E-state index < -0.39 is 17.2 Å². The normalized spacial score (nSPS) is 22.5. The number of hydrogen-bond acceptors (Lipinski definition) is 5. The molecule has 1 aliphatic carbocycles. The van der Waals surface area contributed by atoms with Crippen LogP contribution in [0.25, 0.3) is 11.1 Å². The van der Waals surface area contributed by atoms with E-state index in [0.717, 1.165) is 48.8 Å². The summed E-state index contributed by atoms with van der Waals surface area (Å²) in [5.74, 6) is -0.764. The van der Waals surface area contributed by atoms with E-state index in [-0.39, 0.29) is 24.5 Å². The molecule has 1 aromatic heterocycles. The predicted molar refractivity (Wildman–Crippen MR) is 142 cm³/mol. The Morgan fingerprint density at radius 1 is 0.846 bits per heavy atom. The Hall–Kier alpha value is -3.69. The number of hydrogen-bond donors (Lipinski definition) is 2. The van der Waals surface area contributed by atoms with E-state index in [1.54, 1.807) is 12.1 Å².